The van der Waals surface area contributed by atoms with E-state index in [1.54, 1.807) is 0 Å². The molecule has 3 aliphatic rings. The first kappa shape index (κ1) is 11.2. The number of rotatable bonds is 1. The Morgan fingerprint density at radius 3 is 3.16 bits per heavy atom. The van der Waals surface area contributed by atoms with Gasteiger partial charge < -0.3 is 4.84 Å². The first-order valence-corrected chi connectivity index (χ1v) is 6.91. The van der Waals surface area contributed by atoms with E-state index in [0.29, 0.717) is 12.0 Å². The van der Waals surface area contributed by atoms with E-state index in [1.165, 1.54) is 12.0 Å². The van der Waals surface area contributed by atoms with Crippen LogP contribution >= 0.6 is 0 Å². The van der Waals surface area contributed by atoms with Gasteiger partial charge >= 0.3 is 0 Å². The number of nitrogens with zero attached hydrogens (tertiary/aromatic N) is 1. The molecular formula is C15H17N3O. The molecule has 3 unspecified atom stereocenters. The third kappa shape index (κ3) is 1.88. The van der Waals surface area contributed by atoms with E-state index in [4.69, 9.17) is 4.84 Å². The topological polar surface area (TPSA) is 45.7 Å². The highest BCUT2D eigenvalue weighted by Gasteiger charge is 2.39. The Labute approximate surface area is 112 Å². The van der Waals surface area contributed by atoms with E-state index >= 15 is 0 Å². The summed E-state index contributed by atoms with van der Waals surface area (Å²) in [6.07, 6.45) is 7.76. The number of oxime groups is 1. The fourth-order valence-corrected chi connectivity index (χ4v) is 3.25. The van der Waals surface area contributed by atoms with Crippen molar-refractivity contribution < 1.29 is 4.84 Å². The molecule has 4 nitrogen and oxygen atoms in total. The van der Waals surface area contributed by atoms with Crippen LogP contribution in [0.5, 0.6) is 5.75 Å². The van der Waals surface area contributed by atoms with Crippen LogP contribution in [0.1, 0.15) is 18.4 Å². The van der Waals surface area contributed by atoms with E-state index in [-0.39, 0.29) is 6.04 Å². The van der Waals surface area contributed by atoms with Crippen LogP contribution in [0.3, 0.4) is 0 Å². The van der Waals surface area contributed by atoms with Crippen molar-refractivity contribution in [2.75, 3.05) is 0 Å². The number of para-hydroxylation sites is 1. The first-order valence-electron chi connectivity index (χ1n) is 6.91. The predicted molar refractivity (Wildman–Crippen MR) is 73.9 cm³/mol. The van der Waals surface area contributed by atoms with Crippen molar-refractivity contribution in [3.63, 3.8) is 0 Å². The maximum absolute atomic E-state index is 5.53. The highest BCUT2D eigenvalue weighted by Crippen LogP contribution is 2.30. The van der Waals surface area contributed by atoms with Crippen LogP contribution in [0.15, 0.2) is 41.6 Å². The van der Waals surface area contributed by atoms with Crippen molar-refractivity contribution in [1.82, 2.24) is 10.9 Å². The van der Waals surface area contributed by atoms with Crippen molar-refractivity contribution in [3.8, 4) is 5.75 Å². The van der Waals surface area contributed by atoms with Gasteiger partial charge in [-0.05, 0) is 18.9 Å². The Morgan fingerprint density at radius 2 is 2.16 bits per heavy atom. The third-order valence-corrected chi connectivity index (χ3v) is 4.27. The molecule has 0 spiro atoms. The van der Waals surface area contributed by atoms with E-state index in [2.05, 4.69) is 40.3 Å². The zero-order chi connectivity index (χ0) is 12.7. The summed E-state index contributed by atoms with van der Waals surface area (Å²) >= 11 is 0. The molecule has 98 valence electrons. The molecule has 1 aromatic rings. The molecule has 0 radical (unpaired) electrons. The Kier molecular flexibility index (Phi) is 2.64. The van der Waals surface area contributed by atoms with Gasteiger partial charge in [-0.2, -0.15) is 0 Å². The van der Waals surface area contributed by atoms with Gasteiger partial charge in [0.2, 0.25) is 0 Å². The second kappa shape index (κ2) is 4.47. The quantitative estimate of drug-likeness (QED) is 0.752. The zero-order valence-corrected chi connectivity index (χ0v) is 10.7. The number of allylic oxidation sites excluding steroid dienone is 1. The highest BCUT2D eigenvalue weighted by atomic mass is 16.6. The van der Waals surface area contributed by atoms with Crippen molar-refractivity contribution in [3.05, 3.63) is 42.0 Å². The average Bonchev–Trinajstić information content (AvgIpc) is 2.91. The Morgan fingerprint density at radius 1 is 1.21 bits per heavy atom. The molecule has 0 bridgehead atoms. The fourth-order valence-electron chi connectivity index (χ4n) is 3.25. The highest BCUT2D eigenvalue weighted by molar-refractivity contribution is 5.93. The lowest BCUT2D eigenvalue weighted by Gasteiger charge is -2.26. The zero-order valence-electron chi connectivity index (χ0n) is 10.7. The summed E-state index contributed by atoms with van der Waals surface area (Å²) in [5, 5.41) is 4.33. The van der Waals surface area contributed by atoms with Crippen molar-refractivity contribution in [2.24, 2.45) is 11.1 Å². The number of benzene rings is 1. The molecule has 1 aromatic carbocycles. The van der Waals surface area contributed by atoms with Gasteiger partial charge in [0.15, 0.2) is 5.75 Å². The molecule has 2 N–H and O–H groups in total. The van der Waals surface area contributed by atoms with Crippen molar-refractivity contribution in [1.29, 1.82) is 0 Å². The summed E-state index contributed by atoms with van der Waals surface area (Å²) in [7, 11) is 0. The summed E-state index contributed by atoms with van der Waals surface area (Å²) in [6, 6.07) is 8.84. The number of hydrogen-bond acceptors (Lipinski definition) is 4. The molecule has 1 aliphatic carbocycles. The van der Waals surface area contributed by atoms with Crippen molar-refractivity contribution >= 4 is 5.71 Å². The Bertz CT molecular complexity index is 552. The van der Waals surface area contributed by atoms with E-state index in [9.17, 15) is 0 Å². The lowest BCUT2D eigenvalue weighted by atomic mass is 9.82. The number of nitrogens with one attached hydrogen (secondary N) is 2. The first-order chi connectivity index (χ1) is 9.42. The van der Waals surface area contributed by atoms with Gasteiger partial charge in [-0.15, -0.1) is 0 Å². The van der Waals surface area contributed by atoms with Crippen LogP contribution in [0, 0.1) is 5.92 Å². The minimum atomic E-state index is 0.281. The lowest BCUT2D eigenvalue weighted by molar-refractivity contribution is 0.322. The predicted octanol–water partition coefficient (Wildman–Crippen LogP) is 1.79. The van der Waals surface area contributed by atoms with E-state index in [1.807, 2.05) is 12.1 Å². The standard InChI is InChI=1S/C15H17N3O/c1-4-8-14-10(5-1)9-13(18-19-14)15-11-6-2-3-7-12(11)16-17-15/h1,3-5,7-8,11-12,15-17H,2,6,9H2. The molecular weight excluding hydrogens is 238 g/mol. The van der Waals surface area contributed by atoms with E-state index < -0.39 is 0 Å². The summed E-state index contributed by atoms with van der Waals surface area (Å²) in [6.45, 7) is 0. The normalized spacial score (nSPS) is 32.2. The molecule has 19 heavy (non-hydrogen) atoms. The van der Waals surface area contributed by atoms with Crippen molar-refractivity contribution in [2.45, 2.75) is 31.3 Å². The lowest BCUT2D eigenvalue weighted by Crippen LogP contribution is -2.40. The van der Waals surface area contributed by atoms with Crippen LogP contribution < -0.4 is 15.7 Å². The molecule has 0 saturated carbocycles. The monoisotopic (exact) mass is 255 g/mol. The Hall–Kier alpha value is -1.65. The van der Waals surface area contributed by atoms with Gasteiger partial charge in [-0.1, -0.05) is 35.5 Å². The molecule has 2 aliphatic heterocycles. The van der Waals surface area contributed by atoms with Crippen LogP contribution in [0.4, 0.5) is 0 Å². The molecule has 2 heterocycles. The van der Waals surface area contributed by atoms with Crippen LogP contribution in [0.2, 0.25) is 0 Å². The van der Waals surface area contributed by atoms with Gasteiger partial charge in [-0.25, -0.2) is 10.9 Å². The van der Waals surface area contributed by atoms with Crippen LogP contribution in [0.25, 0.3) is 0 Å². The molecule has 1 fully saturated rings. The third-order valence-electron chi connectivity index (χ3n) is 4.27. The second-order valence-electron chi connectivity index (χ2n) is 5.42. The number of hydrogen-bond donors (Lipinski definition) is 2. The molecule has 0 amide bonds. The second-order valence-corrected chi connectivity index (χ2v) is 5.42. The molecule has 0 aromatic heterocycles. The maximum atomic E-state index is 5.53. The Balaban J connectivity index is 1.58. The SMILES string of the molecule is C1=CC2NNC(C3=NOc4ccccc4C3)C2CC1. The van der Waals surface area contributed by atoms with Crippen LogP contribution in [-0.2, 0) is 6.42 Å². The largest absolute Gasteiger partial charge is 0.357 e. The summed E-state index contributed by atoms with van der Waals surface area (Å²) in [5.74, 6) is 1.47. The minimum absolute atomic E-state index is 0.281. The van der Waals surface area contributed by atoms with Gasteiger partial charge in [0.05, 0.1) is 11.8 Å². The molecule has 1 saturated heterocycles. The summed E-state index contributed by atoms with van der Waals surface area (Å²) < 4.78 is 0. The number of hydrazine groups is 1. The minimum Gasteiger partial charge on any atom is -0.357 e. The van der Waals surface area contributed by atoms with Crippen LogP contribution in [-0.4, -0.2) is 17.8 Å². The van der Waals surface area contributed by atoms with E-state index in [0.717, 1.165) is 24.3 Å². The summed E-state index contributed by atoms with van der Waals surface area (Å²) in [4.78, 5) is 5.53. The maximum Gasteiger partial charge on any atom is 0.161 e. The molecule has 3 atom stereocenters. The van der Waals surface area contributed by atoms with Gasteiger partial charge in [0.1, 0.15) is 0 Å². The van der Waals surface area contributed by atoms with Gasteiger partial charge in [0, 0.05) is 23.9 Å². The molecule has 4 rings (SSSR count). The summed E-state index contributed by atoms with van der Waals surface area (Å²) in [5.41, 5.74) is 9.08. The van der Waals surface area contributed by atoms with Gasteiger partial charge in [-0.3, -0.25) is 0 Å². The molecule has 4 heteroatoms. The average molecular weight is 255 g/mol. The smallest absolute Gasteiger partial charge is 0.161 e. The fraction of sp³-hybridized carbons (Fsp3) is 0.400. The number of fused-ring (bicyclic) bond motifs is 2. The van der Waals surface area contributed by atoms with Gasteiger partial charge in [0.25, 0.3) is 0 Å².